The second kappa shape index (κ2) is 10.3. The zero-order chi connectivity index (χ0) is 26.7. The van der Waals surface area contributed by atoms with Crippen LogP contribution in [0.25, 0.3) is 11.0 Å². The van der Waals surface area contributed by atoms with Crippen molar-refractivity contribution in [3.05, 3.63) is 124 Å². The molecule has 0 aliphatic heterocycles. The quantitative estimate of drug-likeness (QED) is 0.217. The molecular formula is C30H21F3O5. The van der Waals surface area contributed by atoms with E-state index in [2.05, 4.69) is 0 Å². The summed E-state index contributed by atoms with van der Waals surface area (Å²) in [7, 11) is 0. The van der Waals surface area contributed by atoms with E-state index >= 15 is 0 Å². The molecule has 0 atom stereocenters. The Hall–Kier alpha value is -4.72. The Morgan fingerprint density at radius 1 is 0.737 bits per heavy atom. The van der Waals surface area contributed by atoms with Gasteiger partial charge < -0.3 is 18.6 Å². The van der Waals surface area contributed by atoms with Crippen LogP contribution < -0.4 is 19.6 Å². The van der Waals surface area contributed by atoms with Crippen LogP contribution in [-0.2, 0) is 12.8 Å². The van der Waals surface area contributed by atoms with Gasteiger partial charge in [0.25, 0.3) is 5.76 Å². The first kappa shape index (κ1) is 25.0. The van der Waals surface area contributed by atoms with Crippen molar-refractivity contribution in [2.24, 2.45) is 0 Å². The average molecular weight is 518 g/mol. The number of aryl methyl sites for hydroxylation is 1. The lowest BCUT2D eigenvalue weighted by Crippen LogP contribution is -2.15. The van der Waals surface area contributed by atoms with Gasteiger partial charge in [-0.25, -0.2) is 0 Å². The highest BCUT2D eigenvalue weighted by Gasteiger charge is 2.40. The highest BCUT2D eigenvalue weighted by atomic mass is 19.4. The molecular weight excluding hydrogens is 497 g/mol. The molecule has 0 saturated carbocycles. The summed E-state index contributed by atoms with van der Waals surface area (Å²) >= 11 is 0. The van der Waals surface area contributed by atoms with Gasteiger partial charge in [0.15, 0.2) is 0 Å². The molecule has 0 spiro atoms. The number of ether oxygens (including phenoxy) is 3. The van der Waals surface area contributed by atoms with Crippen LogP contribution >= 0.6 is 0 Å². The number of alkyl halides is 3. The third-order valence-electron chi connectivity index (χ3n) is 5.60. The molecule has 192 valence electrons. The van der Waals surface area contributed by atoms with Gasteiger partial charge in [0, 0.05) is 6.07 Å². The zero-order valence-corrected chi connectivity index (χ0v) is 20.1. The normalized spacial score (nSPS) is 11.4. The van der Waals surface area contributed by atoms with Crippen molar-refractivity contribution in [2.45, 2.75) is 19.7 Å². The van der Waals surface area contributed by atoms with Crippen molar-refractivity contribution in [3.8, 4) is 28.7 Å². The molecule has 1 heterocycles. The van der Waals surface area contributed by atoms with Gasteiger partial charge in [-0.1, -0.05) is 48.0 Å². The third kappa shape index (κ3) is 5.64. The molecule has 0 saturated heterocycles. The molecule has 0 aliphatic carbocycles. The molecule has 0 unspecified atom stereocenters. The predicted octanol–water partition coefficient (Wildman–Crippen LogP) is 8.28. The van der Waals surface area contributed by atoms with Crippen LogP contribution in [0.2, 0.25) is 0 Å². The van der Waals surface area contributed by atoms with Gasteiger partial charge in [-0.15, -0.1) is 0 Å². The van der Waals surface area contributed by atoms with Gasteiger partial charge in [0.1, 0.15) is 35.2 Å². The number of halogens is 3. The Balaban J connectivity index is 1.40. The predicted molar refractivity (Wildman–Crippen MR) is 136 cm³/mol. The lowest BCUT2D eigenvalue weighted by atomic mass is 10.2. The van der Waals surface area contributed by atoms with E-state index in [-0.39, 0.29) is 29.1 Å². The number of fused-ring (bicyclic) bond motifs is 1. The molecule has 8 heteroatoms. The van der Waals surface area contributed by atoms with Gasteiger partial charge in [-0.2, -0.15) is 13.2 Å². The maximum atomic E-state index is 13.8. The Labute approximate surface area is 215 Å². The van der Waals surface area contributed by atoms with Crippen molar-refractivity contribution in [1.29, 1.82) is 0 Å². The first-order chi connectivity index (χ1) is 18.3. The minimum Gasteiger partial charge on any atom is -0.489 e. The summed E-state index contributed by atoms with van der Waals surface area (Å²) < 4.78 is 63.6. The smallest absolute Gasteiger partial charge is 0.453 e. The molecule has 5 nitrogen and oxygen atoms in total. The SMILES string of the molecule is Cc1ccc(Oc2c(C(F)(F)F)oc3cc(OCc4cccc(Oc5ccccc5)c4)ccc3c2=O)cc1. The molecule has 0 radical (unpaired) electrons. The number of para-hydroxylation sites is 1. The molecule has 5 rings (SSSR count). The van der Waals surface area contributed by atoms with E-state index in [1.807, 2.05) is 49.4 Å². The van der Waals surface area contributed by atoms with Crippen molar-refractivity contribution >= 4 is 11.0 Å². The van der Waals surface area contributed by atoms with E-state index < -0.39 is 23.1 Å². The van der Waals surface area contributed by atoms with Crippen molar-refractivity contribution in [3.63, 3.8) is 0 Å². The summed E-state index contributed by atoms with van der Waals surface area (Å²) in [4.78, 5) is 13.0. The topological polar surface area (TPSA) is 57.9 Å². The fourth-order valence-electron chi connectivity index (χ4n) is 3.74. The van der Waals surface area contributed by atoms with Crippen molar-refractivity contribution < 1.29 is 31.8 Å². The lowest BCUT2D eigenvalue weighted by Gasteiger charge is -2.14. The minimum atomic E-state index is -4.95. The largest absolute Gasteiger partial charge is 0.489 e. The Kier molecular flexibility index (Phi) is 6.79. The van der Waals surface area contributed by atoms with Gasteiger partial charge in [0.2, 0.25) is 11.2 Å². The molecule has 0 amide bonds. The van der Waals surface area contributed by atoms with E-state index in [0.717, 1.165) is 11.1 Å². The van der Waals surface area contributed by atoms with E-state index in [1.165, 1.54) is 30.3 Å². The molecule has 4 aromatic carbocycles. The summed E-state index contributed by atoms with van der Waals surface area (Å²) in [5.74, 6) is -0.822. The van der Waals surface area contributed by atoms with E-state index in [4.69, 9.17) is 18.6 Å². The Morgan fingerprint density at radius 3 is 2.16 bits per heavy atom. The van der Waals surface area contributed by atoms with Crippen LogP contribution in [0.4, 0.5) is 13.2 Å². The van der Waals surface area contributed by atoms with Gasteiger partial charge >= 0.3 is 6.18 Å². The fraction of sp³-hybridized carbons (Fsp3) is 0.100. The minimum absolute atomic E-state index is 0.0641. The van der Waals surface area contributed by atoms with Gasteiger partial charge in [-0.3, -0.25) is 4.79 Å². The summed E-state index contributed by atoms with van der Waals surface area (Å²) in [6.45, 7) is 1.94. The first-order valence-corrected chi connectivity index (χ1v) is 11.6. The summed E-state index contributed by atoms with van der Waals surface area (Å²) in [5.41, 5.74) is 0.466. The highest BCUT2D eigenvalue weighted by Crippen LogP contribution is 2.38. The zero-order valence-electron chi connectivity index (χ0n) is 20.1. The molecule has 0 fully saturated rings. The second-order valence-corrected chi connectivity index (χ2v) is 8.51. The fourth-order valence-corrected chi connectivity index (χ4v) is 3.74. The number of rotatable bonds is 7. The Bertz CT molecular complexity index is 1620. The van der Waals surface area contributed by atoms with E-state index in [1.54, 1.807) is 24.3 Å². The van der Waals surface area contributed by atoms with Crippen LogP contribution in [0.1, 0.15) is 16.9 Å². The van der Waals surface area contributed by atoms with Crippen LogP contribution in [0.3, 0.4) is 0 Å². The molecule has 0 aliphatic rings. The number of benzene rings is 4. The maximum absolute atomic E-state index is 13.8. The highest BCUT2D eigenvalue weighted by molar-refractivity contribution is 5.79. The van der Waals surface area contributed by atoms with Crippen LogP contribution in [0.15, 0.2) is 106 Å². The summed E-state index contributed by atoms with van der Waals surface area (Å²) in [5, 5.41) is -0.0641. The van der Waals surface area contributed by atoms with Crippen LogP contribution in [-0.4, -0.2) is 0 Å². The van der Waals surface area contributed by atoms with Crippen LogP contribution in [0.5, 0.6) is 28.7 Å². The second-order valence-electron chi connectivity index (χ2n) is 8.51. The molecule has 0 bridgehead atoms. The van der Waals surface area contributed by atoms with E-state index in [0.29, 0.717) is 11.5 Å². The molecule has 0 N–H and O–H groups in total. The van der Waals surface area contributed by atoms with E-state index in [9.17, 15) is 18.0 Å². The lowest BCUT2D eigenvalue weighted by molar-refractivity contribution is -0.154. The first-order valence-electron chi connectivity index (χ1n) is 11.6. The van der Waals surface area contributed by atoms with Crippen molar-refractivity contribution in [1.82, 2.24) is 0 Å². The average Bonchev–Trinajstić information content (AvgIpc) is 2.90. The maximum Gasteiger partial charge on any atom is 0.453 e. The Morgan fingerprint density at radius 2 is 1.42 bits per heavy atom. The molecule has 5 aromatic rings. The van der Waals surface area contributed by atoms with Crippen LogP contribution in [0, 0.1) is 6.92 Å². The standard InChI is InChI=1S/C30H21F3O5/c1-19-10-12-22(13-11-19)37-28-27(34)25-15-14-23(17-26(25)38-29(28)30(31,32)33)35-18-20-6-5-9-24(16-20)36-21-7-3-2-4-8-21/h2-17H,18H2,1H3. The van der Waals surface area contributed by atoms with Gasteiger partial charge in [-0.05, 0) is 61.0 Å². The summed E-state index contributed by atoms with van der Waals surface area (Å²) in [6.07, 6.45) is -4.95. The van der Waals surface area contributed by atoms with Gasteiger partial charge in [0.05, 0.1) is 5.39 Å². The summed E-state index contributed by atoms with van der Waals surface area (Å²) in [6, 6.07) is 26.9. The monoisotopic (exact) mass is 518 g/mol. The molecule has 38 heavy (non-hydrogen) atoms. The number of hydrogen-bond acceptors (Lipinski definition) is 5. The number of hydrogen-bond donors (Lipinski definition) is 0. The third-order valence-corrected chi connectivity index (χ3v) is 5.60. The molecule has 1 aromatic heterocycles. The van der Waals surface area contributed by atoms with Crippen molar-refractivity contribution in [2.75, 3.05) is 0 Å².